The van der Waals surface area contributed by atoms with E-state index in [0.29, 0.717) is 19.0 Å². The molecule has 0 bridgehead atoms. The first-order valence-corrected chi connectivity index (χ1v) is 6.82. The van der Waals surface area contributed by atoms with Gasteiger partial charge < -0.3 is 9.47 Å². The van der Waals surface area contributed by atoms with Crippen molar-refractivity contribution < 1.29 is 13.9 Å². The third-order valence-electron chi connectivity index (χ3n) is 3.62. The highest BCUT2D eigenvalue weighted by Crippen LogP contribution is 2.28. The largest absolute Gasteiger partial charge is 0.490 e. The number of fused-ring (bicyclic) bond motifs is 1. The summed E-state index contributed by atoms with van der Waals surface area (Å²) in [5.74, 6) is 0.465. The average Bonchev–Trinajstić information content (AvgIpc) is 2.46. The third kappa shape index (κ3) is 2.68. The molecule has 0 amide bonds. The summed E-state index contributed by atoms with van der Waals surface area (Å²) in [7, 11) is 0. The highest BCUT2D eigenvalue weighted by atomic mass is 19.1. The Hall–Kier alpha value is -1.87. The van der Waals surface area contributed by atoms with Gasteiger partial charge in [-0.05, 0) is 48.2 Å². The topological polar surface area (TPSA) is 18.5 Å². The normalized spacial score (nSPS) is 17.6. The van der Waals surface area contributed by atoms with Crippen molar-refractivity contribution >= 4 is 0 Å². The number of hydrogen-bond acceptors (Lipinski definition) is 2. The molecule has 0 saturated heterocycles. The summed E-state index contributed by atoms with van der Waals surface area (Å²) in [6.07, 6.45) is 0.895. The zero-order chi connectivity index (χ0) is 13.9. The van der Waals surface area contributed by atoms with Gasteiger partial charge in [0, 0.05) is 0 Å². The van der Waals surface area contributed by atoms with E-state index in [4.69, 9.17) is 9.47 Å². The van der Waals surface area contributed by atoms with Gasteiger partial charge >= 0.3 is 0 Å². The first-order valence-electron chi connectivity index (χ1n) is 6.82. The van der Waals surface area contributed by atoms with Gasteiger partial charge in [0.05, 0.1) is 6.61 Å². The fourth-order valence-corrected chi connectivity index (χ4v) is 2.56. The molecule has 1 heterocycles. The summed E-state index contributed by atoms with van der Waals surface area (Å²) in [5.41, 5.74) is 3.32. The van der Waals surface area contributed by atoms with Crippen LogP contribution in [-0.2, 0) is 11.2 Å². The highest BCUT2D eigenvalue weighted by molar-refractivity contribution is 5.34. The van der Waals surface area contributed by atoms with Gasteiger partial charge in [-0.2, -0.15) is 0 Å². The van der Waals surface area contributed by atoms with Crippen LogP contribution in [0.2, 0.25) is 0 Å². The van der Waals surface area contributed by atoms with Crippen molar-refractivity contribution in [1.29, 1.82) is 0 Å². The Morgan fingerprint density at radius 2 is 2.10 bits per heavy atom. The van der Waals surface area contributed by atoms with Crippen LogP contribution in [0.3, 0.4) is 0 Å². The van der Waals surface area contributed by atoms with Gasteiger partial charge in [-0.25, -0.2) is 4.39 Å². The van der Waals surface area contributed by atoms with Crippen molar-refractivity contribution in [2.45, 2.75) is 19.4 Å². The van der Waals surface area contributed by atoms with E-state index in [1.165, 1.54) is 23.3 Å². The SMILES string of the molecule is Cc1cc(F)ccc1OCC1OCCc2ccccc21. The van der Waals surface area contributed by atoms with Crippen LogP contribution >= 0.6 is 0 Å². The summed E-state index contributed by atoms with van der Waals surface area (Å²) < 4.78 is 24.6. The predicted octanol–water partition coefficient (Wildman–Crippen LogP) is 3.83. The van der Waals surface area contributed by atoms with Crippen molar-refractivity contribution in [1.82, 2.24) is 0 Å². The molecule has 1 atom stereocenters. The van der Waals surface area contributed by atoms with Crippen LogP contribution in [0.25, 0.3) is 0 Å². The number of halogens is 1. The maximum Gasteiger partial charge on any atom is 0.123 e. The molecular weight excluding hydrogens is 255 g/mol. The molecule has 0 fully saturated rings. The van der Waals surface area contributed by atoms with Crippen molar-refractivity contribution in [3.05, 3.63) is 65.0 Å². The molecular formula is C17H17FO2. The molecule has 0 aliphatic carbocycles. The summed E-state index contributed by atoms with van der Waals surface area (Å²) in [4.78, 5) is 0. The van der Waals surface area contributed by atoms with E-state index in [9.17, 15) is 4.39 Å². The quantitative estimate of drug-likeness (QED) is 0.845. The van der Waals surface area contributed by atoms with E-state index in [-0.39, 0.29) is 11.9 Å². The van der Waals surface area contributed by atoms with E-state index in [0.717, 1.165) is 12.0 Å². The lowest BCUT2D eigenvalue weighted by molar-refractivity contribution is 0.0100. The Bertz CT molecular complexity index is 610. The molecule has 3 rings (SSSR count). The Labute approximate surface area is 118 Å². The first-order chi connectivity index (χ1) is 9.74. The van der Waals surface area contributed by atoms with Crippen LogP contribution in [0.15, 0.2) is 42.5 Å². The molecule has 2 aromatic rings. The monoisotopic (exact) mass is 272 g/mol. The first kappa shape index (κ1) is 13.1. The van der Waals surface area contributed by atoms with Crippen molar-refractivity contribution in [3.63, 3.8) is 0 Å². The van der Waals surface area contributed by atoms with E-state index in [1.807, 2.05) is 19.1 Å². The van der Waals surface area contributed by atoms with E-state index < -0.39 is 0 Å². The molecule has 0 N–H and O–H groups in total. The van der Waals surface area contributed by atoms with Crippen molar-refractivity contribution in [2.24, 2.45) is 0 Å². The van der Waals surface area contributed by atoms with Crippen LogP contribution in [0.1, 0.15) is 22.8 Å². The molecule has 104 valence electrons. The number of rotatable bonds is 3. The lowest BCUT2D eigenvalue weighted by atomic mass is 9.98. The molecule has 0 saturated carbocycles. The van der Waals surface area contributed by atoms with Crippen LogP contribution in [0.4, 0.5) is 4.39 Å². The lowest BCUT2D eigenvalue weighted by Gasteiger charge is -2.26. The number of aryl methyl sites for hydroxylation is 1. The molecule has 20 heavy (non-hydrogen) atoms. The Morgan fingerprint density at radius 1 is 1.25 bits per heavy atom. The predicted molar refractivity (Wildman–Crippen MR) is 75.5 cm³/mol. The molecule has 2 nitrogen and oxygen atoms in total. The van der Waals surface area contributed by atoms with Gasteiger partial charge in [-0.3, -0.25) is 0 Å². The summed E-state index contributed by atoms with van der Waals surface area (Å²) >= 11 is 0. The number of hydrogen-bond donors (Lipinski definition) is 0. The van der Waals surface area contributed by atoms with Crippen LogP contribution < -0.4 is 4.74 Å². The van der Waals surface area contributed by atoms with Crippen LogP contribution in [0, 0.1) is 12.7 Å². The van der Waals surface area contributed by atoms with Crippen LogP contribution in [-0.4, -0.2) is 13.2 Å². The molecule has 1 aliphatic rings. The second-order valence-electron chi connectivity index (χ2n) is 5.03. The number of benzene rings is 2. The maximum absolute atomic E-state index is 13.1. The average molecular weight is 272 g/mol. The summed E-state index contributed by atoms with van der Waals surface area (Å²) in [6.45, 7) is 3.00. The van der Waals surface area contributed by atoms with Gasteiger partial charge in [0.25, 0.3) is 0 Å². The van der Waals surface area contributed by atoms with Gasteiger partial charge in [-0.1, -0.05) is 24.3 Å². The minimum atomic E-state index is -0.242. The molecule has 1 unspecified atom stereocenters. The Kier molecular flexibility index (Phi) is 3.70. The maximum atomic E-state index is 13.1. The lowest BCUT2D eigenvalue weighted by Crippen LogP contribution is -2.21. The molecule has 0 spiro atoms. The Morgan fingerprint density at radius 3 is 2.95 bits per heavy atom. The van der Waals surface area contributed by atoms with Gasteiger partial charge in [0.15, 0.2) is 0 Å². The van der Waals surface area contributed by atoms with Crippen molar-refractivity contribution in [3.8, 4) is 5.75 Å². The zero-order valence-electron chi connectivity index (χ0n) is 11.4. The second-order valence-corrected chi connectivity index (χ2v) is 5.03. The minimum Gasteiger partial charge on any atom is -0.490 e. The molecule has 0 radical (unpaired) electrons. The van der Waals surface area contributed by atoms with E-state index >= 15 is 0 Å². The van der Waals surface area contributed by atoms with Gasteiger partial charge in [-0.15, -0.1) is 0 Å². The molecule has 0 aromatic heterocycles. The fourth-order valence-electron chi connectivity index (χ4n) is 2.56. The zero-order valence-corrected chi connectivity index (χ0v) is 11.4. The minimum absolute atomic E-state index is 0.0515. The summed E-state index contributed by atoms with van der Waals surface area (Å²) in [6, 6.07) is 12.8. The van der Waals surface area contributed by atoms with Gasteiger partial charge in [0.2, 0.25) is 0 Å². The standard InChI is InChI=1S/C17H17FO2/c1-12-10-14(18)6-7-16(12)20-11-17-15-5-3-2-4-13(15)8-9-19-17/h2-7,10,17H,8-9,11H2,1H3. The van der Waals surface area contributed by atoms with Crippen molar-refractivity contribution in [2.75, 3.05) is 13.2 Å². The fraction of sp³-hybridized carbons (Fsp3) is 0.294. The molecule has 3 heteroatoms. The second kappa shape index (κ2) is 5.63. The van der Waals surface area contributed by atoms with Gasteiger partial charge in [0.1, 0.15) is 24.3 Å². The molecule has 2 aromatic carbocycles. The Balaban J connectivity index is 1.73. The van der Waals surface area contributed by atoms with E-state index in [1.54, 1.807) is 6.07 Å². The number of ether oxygens (including phenoxy) is 2. The van der Waals surface area contributed by atoms with Crippen LogP contribution in [0.5, 0.6) is 5.75 Å². The smallest absolute Gasteiger partial charge is 0.123 e. The summed E-state index contributed by atoms with van der Waals surface area (Å²) in [5, 5.41) is 0. The van der Waals surface area contributed by atoms with E-state index in [2.05, 4.69) is 12.1 Å². The third-order valence-corrected chi connectivity index (χ3v) is 3.62. The highest BCUT2D eigenvalue weighted by Gasteiger charge is 2.21. The molecule has 1 aliphatic heterocycles.